The van der Waals surface area contributed by atoms with Gasteiger partial charge in [-0.15, -0.1) is 0 Å². The number of nitro benzene ring substituents is 1. The highest BCUT2D eigenvalue weighted by Gasteiger charge is 2.11. The number of hydrogen-bond donors (Lipinski definition) is 1. The van der Waals surface area contributed by atoms with Crippen molar-refractivity contribution in [1.29, 1.82) is 0 Å². The van der Waals surface area contributed by atoms with E-state index in [-0.39, 0.29) is 11.7 Å². The van der Waals surface area contributed by atoms with Gasteiger partial charge in [-0.25, -0.2) is 0 Å². The van der Waals surface area contributed by atoms with Crippen LogP contribution in [0.4, 0.5) is 5.69 Å². The van der Waals surface area contributed by atoms with Crippen LogP contribution >= 0.6 is 11.6 Å². The first-order chi connectivity index (χ1) is 9.88. The maximum absolute atomic E-state index is 10.7. The third-order valence-electron chi connectivity index (χ3n) is 3.06. The van der Waals surface area contributed by atoms with Crippen LogP contribution in [-0.2, 0) is 0 Å². The summed E-state index contributed by atoms with van der Waals surface area (Å²) in [6, 6.07) is 9.54. The number of nitrogens with zero attached hydrogens (tertiary/aromatic N) is 1. The van der Waals surface area contributed by atoms with Gasteiger partial charge in [0.25, 0.3) is 5.69 Å². The minimum Gasteiger partial charge on any atom is -0.457 e. The third kappa shape index (κ3) is 3.51. The lowest BCUT2D eigenvalue weighted by atomic mass is 10.1. The number of non-ortho nitro benzene ring substituents is 1. The molecule has 110 valence electrons. The fourth-order valence-corrected chi connectivity index (χ4v) is 2.27. The van der Waals surface area contributed by atoms with Crippen molar-refractivity contribution in [1.82, 2.24) is 0 Å². The second-order valence-electron chi connectivity index (χ2n) is 4.78. The van der Waals surface area contributed by atoms with E-state index >= 15 is 0 Å². The summed E-state index contributed by atoms with van der Waals surface area (Å²) < 4.78 is 5.71. The summed E-state index contributed by atoms with van der Waals surface area (Å²) >= 11 is 6.15. The van der Waals surface area contributed by atoms with E-state index in [1.54, 1.807) is 25.1 Å². The summed E-state index contributed by atoms with van der Waals surface area (Å²) in [5.41, 5.74) is 7.34. The van der Waals surface area contributed by atoms with Crippen LogP contribution < -0.4 is 10.5 Å². The van der Waals surface area contributed by atoms with Gasteiger partial charge < -0.3 is 10.5 Å². The number of nitrogens with two attached hydrogens (primary N) is 1. The van der Waals surface area contributed by atoms with Crippen LogP contribution in [0.5, 0.6) is 11.5 Å². The summed E-state index contributed by atoms with van der Waals surface area (Å²) in [5, 5.41) is 11.2. The molecule has 2 aromatic rings. The number of hydrogen-bond acceptors (Lipinski definition) is 4. The molecule has 0 aliphatic heterocycles. The van der Waals surface area contributed by atoms with Gasteiger partial charge in [0.05, 0.1) is 4.92 Å². The van der Waals surface area contributed by atoms with Crippen molar-refractivity contribution >= 4 is 17.3 Å². The molecule has 21 heavy (non-hydrogen) atoms. The molecule has 0 radical (unpaired) electrons. The lowest BCUT2D eigenvalue weighted by Gasteiger charge is -2.12. The maximum atomic E-state index is 10.7. The lowest BCUT2D eigenvalue weighted by Crippen LogP contribution is -2.05. The van der Waals surface area contributed by atoms with Crippen molar-refractivity contribution in [3.63, 3.8) is 0 Å². The Labute approximate surface area is 127 Å². The average molecular weight is 307 g/mol. The molecule has 0 amide bonds. The smallest absolute Gasteiger partial charge is 0.269 e. The SMILES string of the molecule is Cc1cc([N+](=O)[O-])ccc1Oc1ccc(C(C)N)c(Cl)c1. The number of ether oxygens (including phenoxy) is 1. The van der Waals surface area contributed by atoms with E-state index in [2.05, 4.69) is 0 Å². The van der Waals surface area contributed by atoms with Crippen LogP contribution in [-0.4, -0.2) is 4.92 Å². The summed E-state index contributed by atoms with van der Waals surface area (Å²) in [6.45, 7) is 3.60. The Morgan fingerprint density at radius 3 is 2.52 bits per heavy atom. The van der Waals surface area contributed by atoms with Gasteiger partial charge in [0.1, 0.15) is 11.5 Å². The zero-order valence-corrected chi connectivity index (χ0v) is 12.4. The number of halogens is 1. The zero-order valence-electron chi connectivity index (χ0n) is 11.7. The van der Waals surface area contributed by atoms with Crippen LogP contribution in [0.15, 0.2) is 36.4 Å². The van der Waals surface area contributed by atoms with E-state index in [4.69, 9.17) is 22.1 Å². The van der Waals surface area contributed by atoms with Gasteiger partial charge in [-0.3, -0.25) is 10.1 Å². The highest BCUT2D eigenvalue weighted by molar-refractivity contribution is 6.31. The summed E-state index contributed by atoms with van der Waals surface area (Å²) in [5.74, 6) is 1.10. The second kappa shape index (κ2) is 6.11. The standard InChI is InChI=1S/C15H15ClN2O3/c1-9-7-11(18(19)20)3-6-15(9)21-12-4-5-13(10(2)17)14(16)8-12/h3-8,10H,17H2,1-2H3. The largest absolute Gasteiger partial charge is 0.457 e. The van der Waals surface area contributed by atoms with Crippen molar-refractivity contribution in [3.8, 4) is 11.5 Å². The van der Waals surface area contributed by atoms with Crippen molar-refractivity contribution < 1.29 is 9.66 Å². The monoisotopic (exact) mass is 306 g/mol. The molecule has 0 saturated carbocycles. The van der Waals surface area contributed by atoms with E-state index in [0.29, 0.717) is 22.1 Å². The predicted octanol–water partition coefficient (Wildman–Crippen LogP) is 4.37. The van der Waals surface area contributed by atoms with Crippen LogP contribution in [0, 0.1) is 17.0 Å². The maximum Gasteiger partial charge on any atom is 0.269 e. The second-order valence-corrected chi connectivity index (χ2v) is 5.19. The molecule has 1 atom stereocenters. The third-order valence-corrected chi connectivity index (χ3v) is 3.39. The topological polar surface area (TPSA) is 78.4 Å². The van der Waals surface area contributed by atoms with E-state index in [1.807, 2.05) is 13.0 Å². The van der Waals surface area contributed by atoms with Crippen molar-refractivity contribution in [2.45, 2.75) is 19.9 Å². The van der Waals surface area contributed by atoms with Crippen LogP contribution in [0.3, 0.4) is 0 Å². The average Bonchev–Trinajstić information content (AvgIpc) is 2.40. The molecule has 0 aliphatic rings. The molecular weight excluding hydrogens is 292 g/mol. The first kappa shape index (κ1) is 15.3. The zero-order chi connectivity index (χ0) is 15.6. The minimum absolute atomic E-state index is 0.0326. The van der Waals surface area contributed by atoms with Crippen molar-refractivity contribution in [2.24, 2.45) is 5.73 Å². The molecule has 6 heteroatoms. The predicted molar refractivity (Wildman–Crippen MR) is 82.0 cm³/mol. The molecule has 2 rings (SSSR count). The molecule has 0 fully saturated rings. The van der Waals surface area contributed by atoms with Crippen LogP contribution in [0.1, 0.15) is 24.1 Å². The van der Waals surface area contributed by atoms with Gasteiger partial charge in [0, 0.05) is 23.2 Å². The molecule has 5 nitrogen and oxygen atoms in total. The van der Waals surface area contributed by atoms with E-state index in [9.17, 15) is 10.1 Å². The molecule has 0 heterocycles. The summed E-state index contributed by atoms with van der Waals surface area (Å²) in [4.78, 5) is 10.3. The van der Waals surface area contributed by atoms with Crippen molar-refractivity contribution in [2.75, 3.05) is 0 Å². The van der Waals surface area contributed by atoms with Gasteiger partial charge in [-0.2, -0.15) is 0 Å². The first-order valence-corrected chi connectivity index (χ1v) is 6.74. The number of benzene rings is 2. The summed E-state index contributed by atoms with van der Waals surface area (Å²) in [6.07, 6.45) is 0. The highest BCUT2D eigenvalue weighted by atomic mass is 35.5. The molecular formula is C15H15ClN2O3. The Morgan fingerprint density at radius 1 is 1.29 bits per heavy atom. The first-order valence-electron chi connectivity index (χ1n) is 6.36. The van der Waals surface area contributed by atoms with Gasteiger partial charge in [0.15, 0.2) is 0 Å². The highest BCUT2D eigenvalue weighted by Crippen LogP contribution is 2.31. The van der Waals surface area contributed by atoms with Gasteiger partial charge in [0.2, 0.25) is 0 Å². The fourth-order valence-electron chi connectivity index (χ4n) is 1.93. The van der Waals surface area contributed by atoms with Crippen LogP contribution in [0.25, 0.3) is 0 Å². The van der Waals surface area contributed by atoms with Gasteiger partial charge >= 0.3 is 0 Å². The number of aryl methyl sites for hydroxylation is 1. The molecule has 1 unspecified atom stereocenters. The Balaban J connectivity index is 2.26. The Morgan fingerprint density at radius 2 is 2.00 bits per heavy atom. The van der Waals surface area contributed by atoms with Gasteiger partial charge in [-0.05, 0) is 43.2 Å². The normalized spacial score (nSPS) is 12.0. The Hall–Kier alpha value is -2.11. The summed E-state index contributed by atoms with van der Waals surface area (Å²) in [7, 11) is 0. The lowest BCUT2D eigenvalue weighted by molar-refractivity contribution is -0.384. The van der Waals surface area contributed by atoms with Crippen LogP contribution in [0.2, 0.25) is 5.02 Å². The minimum atomic E-state index is -0.439. The number of nitro groups is 1. The van der Waals surface area contributed by atoms with Crippen molar-refractivity contribution in [3.05, 3.63) is 62.7 Å². The van der Waals surface area contributed by atoms with E-state index in [1.165, 1.54) is 12.1 Å². The Bertz CT molecular complexity index is 687. The molecule has 0 aromatic heterocycles. The quantitative estimate of drug-likeness (QED) is 0.672. The van der Waals surface area contributed by atoms with E-state index in [0.717, 1.165) is 5.56 Å². The molecule has 2 N–H and O–H groups in total. The molecule has 0 bridgehead atoms. The fraction of sp³-hybridized carbons (Fsp3) is 0.200. The number of rotatable bonds is 4. The molecule has 0 aliphatic carbocycles. The van der Waals surface area contributed by atoms with Gasteiger partial charge in [-0.1, -0.05) is 17.7 Å². The molecule has 0 saturated heterocycles. The Kier molecular flexibility index (Phi) is 4.45. The van der Waals surface area contributed by atoms with E-state index < -0.39 is 4.92 Å². The molecule has 0 spiro atoms. The molecule has 2 aromatic carbocycles.